The second kappa shape index (κ2) is 5.57. The SMILES string of the molecule is CC1CCCCCN1c1ccc(Cl)c(C(=O)O)n1. The first-order valence-corrected chi connectivity index (χ1v) is 6.64. The van der Waals surface area contributed by atoms with Crippen molar-refractivity contribution in [3.05, 3.63) is 22.8 Å². The van der Waals surface area contributed by atoms with Gasteiger partial charge in [0.2, 0.25) is 0 Å². The minimum Gasteiger partial charge on any atom is -0.476 e. The van der Waals surface area contributed by atoms with Crippen LogP contribution in [0.3, 0.4) is 0 Å². The van der Waals surface area contributed by atoms with Crippen LogP contribution in [-0.2, 0) is 0 Å². The zero-order chi connectivity index (χ0) is 13.1. The van der Waals surface area contributed by atoms with E-state index in [-0.39, 0.29) is 10.7 Å². The molecule has 1 aromatic heterocycles. The van der Waals surface area contributed by atoms with E-state index in [1.165, 1.54) is 12.8 Å². The monoisotopic (exact) mass is 268 g/mol. The second-order valence-electron chi connectivity index (χ2n) is 4.70. The molecule has 0 bridgehead atoms. The lowest BCUT2D eigenvalue weighted by Crippen LogP contribution is -2.33. The molecule has 18 heavy (non-hydrogen) atoms. The molecule has 4 nitrogen and oxygen atoms in total. The van der Waals surface area contributed by atoms with Crippen molar-refractivity contribution in [1.29, 1.82) is 0 Å². The molecule has 1 aliphatic heterocycles. The number of carbonyl (C=O) groups is 1. The smallest absolute Gasteiger partial charge is 0.356 e. The van der Waals surface area contributed by atoms with Gasteiger partial charge in [-0.2, -0.15) is 0 Å². The van der Waals surface area contributed by atoms with Gasteiger partial charge in [-0.25, -0.2) is 9.78 Å². The molecule has 1 aliphatic rings. The number of carboxylic acid groups (broad SMARTS) is 1. The number of carboxylic acids is 1. The van der Waals surface area contributed by atoms with Crippen LogP contribution in [0.15, 0.2) is 12.1 Å². The summed E-state index contributed by atoms with van der Waals surface area (Å²) in [7, 11) is 0. The Morgan fingerprint density at radius 1 is 1.44 bits per heavy atom. The molecular weight excluding hydrogens is 252 g/mol. The Morgan fingerprint density at radius 2 is 2.22 bits per heavy atom. The third kappa shape index (κ3) is 2.75. The van der Waals surface area contributed by atoms with Crippen LogP contribution in [0.4, 0.5) is 5.82 Å². The standard InChI is InChI=1S/C13H17ClN2O2/c1-9-5-3-2-4-8-16(9)11-7-6-10(14)12(15-11)13(17)18/h6-7,9H,2-5,8H2,1H3,(H,17,18). The first-order chi connectivity index (χ1) is 8.59. The molecule has 1 fully saturated rings. The third-order valence-electron chi connectivity index (χ3n) is 3.38. The number of nitrogens with zero attached hydrogens (tertiary/aromatic N) is 2. The van der Waals surface area contributed by atoms with E-state index in [1.807, 2.05) is 0 Å². The fraction of sp³-hybridized carbons (Fsp3) is 0.538. The maximum atomic E-state index is 11.0. The molecule has 1 saturated heterocycles. The van der Waals surface area contributed by atoms with Gasteiger partial charge in [-0.3, -0.25) is 0 Å². The quantitative estimate of drug-likeness (QED) is 0.895. The van der Waals surface area contributed by atoms with Gasteiger partial charge >= 0.3 is 5.97 Å². The Kier molecular flexibility index (Phi) is 4.07. The summed E-state index contributed by atoms with van der Waals surface area (Å²) in [5.41, 5.74) is -0.0642. The molecule has 0 aromatic carbocycles. The Hall–Kier alpha value is -1.29. The molecule has 0 radical (unpaired) electrons. The Bertz CT molecular complexity index is 451. The van der Waals surface area contributed by atoms with Crippen LogP contribution < -0.4 is 4.90 Å². The largest absolute Gasteiger partial charge is 0.476 e. The van der Waals surface area contributed by atoms with E-state index in [1.54, 1.807) is 12.1 Å². The minimum absolute atomic E-state index is 0.0642. The minimum atomic E-state index is -1.08. The number of aromatic carboxylic acids is 1. The number of hydrogen-bond acceptors (Lipinski definition) is 3. The van der Waals surface area contributed by atoms with Crippen LogP contribution in [0.5, 0.6) is 0 Å². The summed E-state index contributed by atoms with van der Waals surface area (Å²) in [6, 6.07) is 3.81. The highest BCUT2D eigenvalue weighted by Crippen LogP contribution is 2.25. The normalized spacial score (nSPS) is 20.6. The molecule has 1 unspecified atom stereocenters. The zero-order valence-corrected chi connectivity index (χ0v) is 11.2. The summed E-state index contributed by atoms with van der Waals surface area (Å²) in [5.74, 6) is -0.365. The highest BCUT2D eigenvalue weighted by atomic mass is 35.5. The van der Waals surface area contributed by atoms with Crippen molar-refractivity contribution in [2.24, 2.45) is 0 Å². The lowest BCUT2D eigenvalue weighted by molar-refractivity contribution is 0.0691. The fourth-order valence-electron chi connectivity index (χ4n) is 2.36. The van der Waals surface area contributed by atoms with Gasteiger partial charge in [-0.15, -0.1) is 0 Å². The molecule has 98 valence electrons. The second-order valence-corrected chi connectivity index (χ2v) is 5.10. The number of pyridine rings is 1. The Labute approximate surface area is 112 Å². The summed E-state index contributed by atoms with van der Waals surface area (Å²) < 4.78 is 0. The van der Waals surface area contributed by atoms with Crippen molar-refractivity contribution in [1.82, 2.24) is 4.98 Å². The predicted molar refractivity (Wildman–Crippen MR) is 71.5 cm³/mol. The molecular formula is C13H17ClN2O2. The summed E-state index contributed by atoms with van der Waals surface area (Å²) in [5, 5.41) is 9.23. The van der Waals surface area contributed by atoms with E-state index in [2.05, 4.69) is 16.8 Å². The van der Waals surface area contributed by atoms with E-state index in [4.69, 9.17) is 16.7 Å². The van der Waals surface area contributed by atoms with Crippen molar-refractivity contribution in [3.63, 3.8) is 0 Å². The van der Waals surface area contributed by atoms with Gasteiger partial charge in [0.05, 0.1) is 5.02 Å². The number of aromatic nitrogens is 1. The molecule has 1 N–H and O–H groups in total. The fourth-order valence-corrected chi connectivity index (χ4v) is 2.54. The van der Waals surface area contributed by atoms with Crippen LogP contribution in [0, 0.1) is 0 Å². The van der Waals surface area contributed by atoms with Gasteiger partial charge in [0.15, 0.2) is 5.69 Å². The number of hydrogen-bond donors (Lipinski definition) is 1. The van der Waals surface area contributed by atoms with Crippen molar-refractivity contribution in [2.75, 3.05) is 11.4 Å². The molecule has 2 rings (SSSR count). The number of rotatable bonds is 2. The van der Waals surface area contributed by atoms with E-state index < -0.39 is 5.97 Å². The van der Waals surface area contributed by atoms with E-state index in [0.29, 0.717) is 11.9 Å². The van der Waals surface area contributed by atoms with Crippen molar-refractivity contribution < 1.29 is 9.90 Å². The van der Waals surface area contributed by atoms with Gasteiger partial charge in [-0.05, 0) is 31.9 Å². The van der Waals surface area contributed by atoms with Crippen LogP contribution >= 0.6 is 11.6 Å². The van der Waals surface area contributed by atoms with E-state index >= 15 is 0 Å². The molecule has 2 heterocycles. The van der Waals surface area contributed by atoms with Gasteiger partial charge in [0.1, 0.15) is 5.82 Å². The first-order valence-electron chi connectivity index (χ1n) is 6.26. The van der Waals surface area contributed by atoms with Crippen LogP contribution in [-0.4, -0.2) is 28.6 Å². The summed E-state index contributed by atoms with van der Waals surface area (Å²) >= 11 is 5.84. The lowest BCUT2D eigenvalue weighted by atomic mass is 10.1. The Morgan fingerprint density at radius 3 is 2.94 bits per heavy atom. The number of anilines is 1. The van der Waals surface area contributed by atoms with Crippen molar-refractivity contribution >= 4 is 23.4 Å². The maximum absolute atomic E-state index is 11.0. The van der Waals surface area contributed by atoms with Crippen molar-refractivity contribution in [3.8, 4) is 0 Å². The highest BCUT2D eigenvalue weighted by molar-refractivity contribution is 6.33. The average Bonchev–Trinajstić information content (AvgIpc) is 2.54. The van der Waals surface area contributed by atoms with Gasteiger partial charge in [0.25, 0.3) is 0 Å². The van der Waals surface area contributed by atoms with E-state index in [9.17, 15) is 4.79 Å². The third-order valence-corrected chi connectivity index (χ3v) is 3.69. The average molecular weight is 269 g/mol. The molecule has 1 atom stereocenters. The molecule has 0 aliphatic carbocycles. The summed E-state index contributed by atoms with van der Waals surface area (Å²) in [4.78, 5) is 17.4. The Balaban J connectivity index is 2.31. The molecule has 0 spiro atoms. The number of halogens is 1. The molecule has 5 heteroatoms. The summed E-state index contributed by atoms with van der Waals surface area (Å²) in [6.07, 6.45) is 4.68. The van der Waals surface area contributed by atoms with Gasteiger partial charge in [-0.1, -0.05) is 24.4 Å². The molecule has 0 amide bonds. The topological polar surface area (TPSA) is 53.4 Å². The first kappa shape index (κ1) is 13.1. The van der Waals surface area contributed by atoms with Gasteiger partial charge < -0.3 is 10.0 Å². The summed E-state index contributed by atoms with van der Waals surface area (Å²) in [6.45, 7) is 3.08. The van der Waals surface area contributed by atoms with Crippen LogP contribution in [0.25, 0.3) is 0 Å². The predicted octanol–water partition coefficient (Wildman–Crippen LogP) is 3.20. The van der Waals surface area contributed by atoms with E-state index in [0.717, 1.165) is 19.4 Å². The maximum Gasteiger partial charge on any atom is 0.356 e. The van der Waals surface area contributed by atoms with Crippen LogP contribution in [0.2, 0.25) is 5.02 Å². The zero-order valence-electron chi connectivity index (χ0n) is 10.4. The van der Waals surface area contributed by atoms with Gasteiger partial charge in [0, 0.05) is 12.6 Å². The molecule has 0 saturated carbocycles. The highest BCUT2D eigenvalue weighted by Gasteiger charge is 2.20. The molecule has 1 aromatic rings. The van der Waals surface area contributed by atoms with Crippen LogP contribution in [0.1, 0.15) is 43.1 Å². The van der Waals surface area contributed by atoms with Crippen molar-refractivity contribution in [2.45, 2.75) is 38.6 Å². The lowest BCUT2D eigenvalue weighted by Gasteiger charge is -2.28.